The SMILES string of the molecule is CC(CNC(=O)c1cc(C(C)C)[nH]n1)CC1(C)OCCO1. The van der Waals surface area contributed by atoms with E-state index in [1.165, 1.54) is 0 Å². The molecule has 2 heterocycles. The van der Waals surface area contributed by atoms with Gasteiger partial charge in [0.05, 0.1) is 13.2 Å². The summed E-state index contributed by atoms with van der Waals surface area (Å²) in [5.74, 6) is -0.0695. The van der Waals surface area contributed by atoms with E-state index >= 15 is 0 Å². The summed E-state index contributed by atoms with van der Waals surface area (Å²) in [5.41, 5.74) is 1.40. The highest BCUT2D eigenvalue weighted by molar-refractivity contribution is 5.92. The zero-order chi connectivity index (χ0) is 15.5. The number of amides is 1. The molecule has 1 atom stereocenters. The van der Waals surface area contributed by atoms with Crippen molar-refractivity contribution < 1.29 is 14.3 Å². The molecule has 0 aliphatic carbocycles. The number of nitrogens with zero attached hydrogens (tertiary/aromatic N) is 1. The van der Waals surface area contributed by atoms with Crippen LogP contribution >= 0.6 is 0 Å². The van der Waals surface area contributed by atoms with Gasteiger partial charge < -0.3 is 14.8 Å². The Bertz CT molecular complexity index is 478. The Balaban J connectivity index is 1.80. The van der Waals surface area contributed by atoms with E-state index < -0.39 is 5.79 Å². The molecule has 0 aromatic carbocycles. The van der Waals surface area contributed by atoms with Crippen LogP contribution < -0.4 is 5.32 Å². The van der Waals surface area contributed by atoms with Gasteiger partial charge in [-0.1, -0.05) is 20.8 Å². The van der Waals surface area contributed by atoms with Crippen molar-refractivity contribution in [3.8, 4) is 0 Å². The third-order valence-electron chi connectivity index (χ3n) is 3.68. The molecule has 1 aromatic rings. The van der Waals surface area contributed by atoms with Crippen molar-refractivity contribution in [2.24, 2.45) is 5.92 Å². The first-order valence-corrected chi connectivity index (χ1v) is 7.51. The molecule has 6 nitrogen and oxygen atoms in total. The van der Waals surface area contributed by atoms with Crippen LogP contribution in [0.15, 0.2) is 6.07 Å². The number of ether oxygens (including phenoxy) is 2. The normalized spacial score (nSPS) is 18.9. The van der Waals surface area contributed by atoms with E-state index in [4.69, 9.17) is 9.47 Å². The zero-order valence-electron chi connectivity index (χ0n) is 13.2. The Morgan fingerprint density at radius 3 is 2.67 bits per heavy atom. The summed E-state index contributed by atoms with van der Waals surface area (Å²) >= 11 is 0. The molecule has 1 aliphatic rings. The smallest absolute Gasteiger partial charge is 0.271 e. The molecule has 1 saturated heterocycles. The van der Waals surface area contributed by atoms with E-state index in [0.717, 1.165) is 12.1 Å². The molecule has 2 rings (SSSR count). The number of carbonyl (C=O) groups excluding carboxylic acids is 1. The van der Waals surface area contributed by atoms with Crippen molar-refractivity contribution in [3.63, 3.8) is 0 Å². The quantitative estimate of drug-likeness (QED) is 0.842. The molecule has 1 aromatic heterocycles. The molecule has 0 spiro atoms. The molecule has 1 aliphatic heterocycles. The van der Waals surface area contributed by atoms with E-state index in [1.54, 1.807) is 6.07 Å². The van der Waals surface area contributed by atoms with Gasteiger partial charge >= 0.3 is 0 Å². The van der Waals surface area contributed by atoms with E-state index in [2.05, 4.69) is 36.3 Å². The molecule has 118 valence electrons. The third-order valence-corrected chi connectivity index (χ3v) is 3.68. The van der Waals surface area contributed by atoms with Gasteiger partial charge in [0.2, 0.25) is 0 Å². The Kier molecular flexibility index (Phi) is 5.00. The Morgan fingerprint density at radius 1 is 1.43 bits per heavy atom. The van der Waals surface area contributed by atoms with Gasteiger partial charge in [-0.2, -0.15) is 5.10 Å². The molecule has 21 heavy (non-hydrogen) atoms. The lowest BCUT2D eigenvalue weighted by Gasteiger charge is -2.25. The number of aromatic amines is 1. The number of carbonyl (C=O) groups is 1. The van der Waals surface area contributed by atoms with Crippen LogP contribution in [0.1, 0.15) is 56.2 Å². The van der Waals surface area contributed by atoms with Crippen LogP contribution in [0.2, 0.25) is 0 Å². The molecule has 6 heteroatoms. The molecule has 0 saturated carbocycles. The number of nitrogens with one attached hydrogen (secondary N) is 2. The van der Waals surface area contributed by atoms with Crippen LogP contribution in [0.5, 0.6) is 0 Å². The van der Waals surface area contributed by atoms with Crippen molar-refractivity contribution in [1.82, 2.24) is 15.5 Å². The van der Waals surface area contributed by atoms with Crippen molar-refractivity contribution in [2.75, 3.05) is 19.8 Å². The Hall–Kier alpha value is -1.40. The summed E-state index contributed by atoms with van der Waals surface area (Å²) in [6.45, 7) is 9.98. The minimum atomic E-state index is -0.513. The fourth-order valence-electron chi connectivity index (χ4n) is 2.49. The second-order valence-corrected chi connectivity index (χ2v) is 6.21. The summed E-state index contributed by atoms with van der Waals surface area (Å²) in [5, 5.41) is 9.84. The molecule has 1 fully saturated rings. The summed E-state index contributed by atoms with van der Waals surface area (Å²) < 4.78 is 11.2. The van der Waals surface area contributed by atoms with Crippen LogP contribution in [-0.4, -0.2) is 41.7 Å². The Morgan fingerprint density at radius 2 is 2.10 bits per heavy atom. The number of hydrogen-bond acceptors (Lipinski definition) is 4. The fraction of sp³-hybridized carbons (Fsp3) is 0.733. The summed E-state index contributed by atoms with van der Waals surface area (Å²) in [6.07, 6.45) is 0.755. The van der Waals surface area contributed by atoms with Crippen molar-refractivity contribution >= 4 is 5.91 Å². The Labute approximate surface area is 125 Å². The van der Waals surface area contributed by atoms with Crippen molar-refractivity contribution in [2.45, 2.75) is 45.8 Å². The van der Waals surface area contributed by atoms with Gasteiger partial charge in [-0.25, -0.2) is 0 Å². The van der Waals surface area contributed by atoms with Gasteiger partial charge in [0.15, 0.2) is 5.79 Å². The molecule has 0 bridgehead atoms. The fourth-order valence-corrected chi connectivity index (χ4v) is 2.49. The lowest BCUT2D eigenvalue weighted by Crippen LogP contribution is -2.34. The average Bonchev–Trinajstić information content (AvgIpc) is 3.05. The van der Waals surface area contributed by atoms with Crippen LogP contribution in [0.25, 0.3) is 0 Å². The minimum absolute atomic E-state index is 0.150. The van der Waals surface area contributed by atoms with E-state index in [1.807, 2.05) is 6.92 Å². The zero-order valence-corrected chi connectivity index (χ0v) is 13.2. The average molecular weight is 295 g/mol. The monoisotopic (exact) mass is 295 g/mol. The van der Waals surface area contributed by atoms with Gasteiger partial charge in [-0.05, 0) is 24.8 Å². The van der Waals surface area contributed by atoms with Crippen LogP contribution in [0.3, 0.4) is 0 Å². The summed E-state index contributed by atoms with van der Waals surface area (Å²) in [6, 6.07) is 1.80. The molecule has 1 unspecified atom stereocenters. The highest BCUT2D eigenvalue weighted by Crippen LogP contribution is 2.26. The van der Waals surface area contributed by atoms with Crippen molar-refractivity contribution in [3.05, 3.63) is 17.5 Å². The highest BCUT2D eigenvalue weighted by atomic mass is 16.7. The van der Waals surface area contributed by atoms with E-state index in [9.17, 15) is 4.79 Å². The molecule has 0 radical (unpaired) electrons. The second-order valence-electron chi connectivity index (χ2n) is 6.21. The van der Waals surface area contributed by atoms with Gasteiger partial charge in [0.25, 0.3) is 5.91 Å². The number of rotatable bonds is 6. The molecule has 1 amide bonds. The largest absolute Gasteiger partial charge is 0.350 e. The van der Waals surface area contributed by atoms with Crippen LogP contribution in [0, 0.1) is 5.92 Å². The standard InChI is InChI=1S/C15H25N3O3/c1-10(2)12-7-13(18-17-12)14(19)16-9-11(3)8-15(4)20-5-6-21-15/h7,10-11H,5-6,8-9H2,1-4H3,(H,16,19)(H,17,18). The van der Waals surface area contributed by atoms with Crippen molar-refractivity contribution in [1.29, 1.82) is 0 Å². The minimum Gasteiger partial charge on any atom is -0.350 e. The maximum absolute atomic E-state index is 12.0. The summed E-state index contributed by atoms with van der Waals surface area (Å²) in [7, 11) is 0. The molecular weight excluding hydrogens is 270 g/mol. The van der Waals surface area contributed by atoms with Gasteiger partial charge in [0.1, 0.15) is 5.69 Å². The predicted octanol–water partition coefficient (Wildman–Crippen LogP) is 2.05. The topological polar surface area (TPSA) is 76.2 Å². The molecular formula is C15H25N3O3. The lowest BCUT2D eigenvalue weighted by molar-refractivity contribution is -0.153. The first kappa shape index (κ1) is 16.0. The number of H-pyrrole nitrogens is 1. The lowest BCUT2D eigenvalue weighted by atomic mass is 10.0. The van der Waals surface area contributed by atoms with Crippen LogP contribution in [0.4, 0.5) is 0 Å². The van der Waals surface area contributed by atoms with E-state index in [-0.39, 0.29) is 11.8 Å². The van der Waals surface area contributed by atoms with E-state index in [0.29, 0.717) is 31.4 Å². The highest BCUT2D eigenvalue weighted by Gasteiger charge is 2.32. The first-order valence-electron chi connectivity index (χ1n) is 7.51. The summed E-state index contributed by atoms with van der Waals surface area (Å²) in [4.78, 5) is 12.0. The van der Waals surface area contributed by atoms with Gasteiger partial charge in [-0.3, -0.25) is 9.89 Å². The third kappa shape index (κ3) is 4.28. The maximum Gasteiger partial charge on any atom is 0.271 e. The van der Waals surface area contributed by atoms with Gasteiger partial charge in [0, 0.05) is 18.7 Å². The number of aromatic nitrogens is 2. The molecule has 2 N–H and O–H groups in total. The predicted molar refractivity (Wildman–Crippen MR) is 79.1 cm³/mol. The number of hydrogen-bond donors (Lipinski definition) is 2. The van der Waals surface area contributed by atoms with Gasteiger partial charge in [-0.15, -0.1) is 0 Å². The second kappa shape index (κ2) is 6.58. The first-order chi connectivity index (χ1) is 9.89. The maximum atomic E-state index is 12.0. The van der Waals surface area contributed by atoms with Crippen LogP contribution in [-0.2, 0) is 9.47 Å².